The molecule has 0 fully saturated rings. The summed E-state index contributed by atoms with van der Waals surface area (Å²) in [5.74, 6) is -0.0778. The Bertz CT molecular complexity index is 359. The molecule has 1 rings (SSSR count). The Kier molecular flexibility index (Phi) is 3.86. The van der Waals surface area contributed by atoms with E-state index in [0.29, 0.717) is 11.5 Å². The first kappa shape index (κ1) is 11.7. The van der Waals surface area contributed by atoms with Gasteiger partial charge >= 0.3 is 0 Å². The van der Waals surface area contributed by atoms with Gasteiger partial charge in [0.2, 0.25) is 0 Å². The lowest BCUT2D eigenvalue weighted by Gasteiger charge is -2.12. The van der Waals surface area contributed by atoms with Crippen LogP contribution in [0.15, 0.2) is 18.2 Å². The van der Waals surface area contributed by atoms with Crippen LogP contribution in [0.2, 0.25) is 0 Å². The first-order chi connectivity index (χ1) is 7.10. The van der Waals surface area contributed by atoms with Gasteiger partial charge in [0.1, 0.15) is 0 Å². The van der Waals surface area contributed by atoms with Crippen molar-refractivity contribution in [2.75, 3.05) is 0 Å². The van der Waals surface area contributed by atoms with Gasteiger partial charge < -0.3 is 0 Å². The van der Waals surface area contributed by atoms with E-state index < -0.39 is 5.91 Å². The van der Waals surface area contributed by atoms with Crippen LogP contribution in [0.3, 0.4) is 0 Å². The molecule has 0 aliphatic rings. The van der Waals surface area contributed by atoms with Gasteiger partial charge in [-0.3, -0.25) is 10.0 Å². The molecular weight excluding hydrogens is 190 g/mol. The smallest absolute Gasteiger partial charge is 0.274 e. The van der Waals surface area contributed by atoms with Gasteiger partial charge in [0.15, 0.2) is 0 Å². The first-order valence-corrected chi connectivity index (χ1v) is 5.17. The van der Waals surface area contributed by atoms with E-state index in [2.05, 4.69) is 20.8 Å². The molecule has 0 aliphatic heterocycles. The minimum Gasteiger partial charge on any atom is -0.288 e. The average Bonchev–Trinajstić information content (AvgIpc) is 2.27. The summed E-state index contributed by atoms with van der Waals surface area (Å²) in [6.07, 6.45) is 0.953. The lowest BCUT2D eigenvalue weighted by Crippen LogP contribution is -2.19. The zero-order valence-corrected chi connectivity index (χ0v) is 9.37. The molecule has 15 heavy (non-hydrogen) atoms. The molecular formula is C12H17NO2. The first-order valence-electron chi connectivity index (χ1n) is 5.17. The lowest BCUT2D eigenvalue weighted by molar-refractivity contribution is 0.0706. The highest BCUT2D eigenvalue weighted by atomic mass is 16.5. The molecule has 3 heteroatoms. The van der Waals surface area contributed by atoms with E-state index in [1.807, 2.05) is 12.1 Å². The number of hydroxylamine groups is 1. The van der Waals surface area contributed by atoms with Crippen molar-refractivity contribution in [3.8, 4) is 0 Å². The maximum atomic E-state index is 11.2. The van der Waals surface area contributed by atoms with E-state index >= 15 is 0 Å². The maximum Gasteiger partial charge on any atom is 0.274 e. The van der Waals surface area contributed by atoms with Crippen molar-refractivity contribution in [2.45, 2.75) is 33.1 Å². The molecule has 0 unspecified atom stereocenters. The Morgan fingerprint density at radius 3 is 2.60 bits per heavy atom. The summed E-state index contributed by atoms with van der Waals surface area (Å²) < 4.78 is 0. The van der Waals surface area contributed by atoms with Crippen LogP contribution in [0.1, 0.15) is 48.2 Å². The van der Waals surface area contributed by atoms with Crippen molar-refractivity contribution < 1.29 is 10.0 Å². The molecule has 0 radical (unpaired) electrons. The summed E-state index contributed by atoms with van der Waals surface area (Å²) in [4.78, 5) is 11.2. The monoisotopic (exact) mass is 207 g/mol. The number of carbonyl (C=O) groups is 1. The van der Waals surface area contributed by atoms with E-state index in [-0.39, 0.29) is 0 Å². The van der Waals surface area contributed by atoms with Crippen LogP contribution >= 0.6 is 0 Å². The third-order valence-electron chi connectivity index (χ3n) is 2.51. The highest BCUT2D eigenvalue weighted by Gasteiger charge is 2.10. The topological polar surface area (TPSA) is 49.3 Å². The number of amides is 1. The summed E-state index contributed by atoms with van der Waals surface area (Å²) in [5.41, 5.74) is 4.56. The van der Waals surface area contributed by atoms with Crippen molar-refractivity contribution in [1.29, 1.82) is 0 Å². The third kappa shape index (κ3) is 2.57. The predicted molar refractivity (Wildman–Crippen MR) is 59.2 cm³/mol. The van der Waals surface area contributed by atoms with Crippen LogP contribution in [0.5, 0.6) is 0 Å². The van der Waals surface area contributed by atoms with Gasteiger partial charge in [-0.2, -0.15) is 0 Å². The highest BCUT2D eigenvalue weighted by molar-refractivity contribution is 5.93. The van der Waals surface area contributed by atoms with Crippen molar-refractivity contribution >= 4 is 5.91 Å². The van der Waals surface area contributed by atoms with Gasteiger partial charge in [-0.15, -0.1) is 0 Å². The summed E-state index contributed by atoms with van der Waals surface area (Å²) in [6.45, 7) is 6.28. The van der Waals surface area contributed by atoms with Gasteiger partial charge in [-0.1, -0.05) is 26.8 Å². The third-order valence-corrected chi connectivity index (χ3v) is 2.51. The standard InChI is InChI=1S/C12H17NO2/c1-4-9-5-6-10(12(14)13-15)7-11(9)8(2)3/h5-8,15H,4H2,1-3H3,(H,13,14). The molecule has 0 aromatic heterocycles. The van der Waals surface area contributed by atoms with E-state index in [4.69, 9.17) is 5.21 Å². The number of nitrogens with one attached hydrogen (secondary N) is 1. The molecule has 0 saturated heterocycles. The fourth-order valence-corrected chi connectivity index (χ4v) is 1.66. The van der Waals surface area contributed by atoms with Crippen molar-refractivity contribution in [3.05, 3.63) is 34.9 Å². The van der Waals surface area contributed by atoms with Gasteiger partial charge in [-0.05, 0) is 35.6 Å². The zero-order chi connectivity index (χ0) is 11.4. The number of hydrogen-bond donors (Lipinski definition) is 2. The van der Waals surface area contributed by atoms with E-state index in [1.54, 1.807) is 11.5 Å². The molecule has 0 atom stereocenters. The number of rotatable bonds is 3. The van der Waals surface area contributed by atoms with Crippen molar-refractivity contribution in [3.63, 3.8) is 0 Å². The molecule has 1 aromatic carbocycles. The van der Waals surface area contributed by atoms with Crippen LogP contribution < -0.4 is 5.48 Å². The highest BCUT2D eigenvalue weighted by Crippen LogP contribution is 2.21. The van der Waals surface area contributed by atoms with Gasteiger partial charge in [0.05, 0.1) is 0 Å². The van der Waals surface area contributed by atoms with Crippen LogP contribution in [0.4, 0.5) is 0 Å². The average molecular weight is 207 g/mol. The van der Waals surface area contributed by atoms with Crippen molar-refractivity contribution in [2.24, 2.45) is 0 Å². The number of benzene rings is 1. The number of carbonyl (C=O) groups excluding carboxylic acids is 1. The minimum absolute atomic E-state index is 0.381. The molecule has 0 saturated carbocycles. The largest absolute Gasteiger partial charge is 0.288 e. The second-order valence-electron chi connectivity index (χ2n) is 3.86. The number of hydrogen-bond acceptors (Lipinski definition) is 2. The molecule has 0 bridgehead atoms. The van der Waals surface area contributed by atoms with E-state index in [1.165, 1.54) is 11.1 Å². The van der Waals surface area contributed by atoms with E-state index in [0.717, 1.165) is 6.42 Å². The maximum absolute atomic E-state index is 11.2. The summed E-state index contributed by atoms with van der Waals surface area (Å²) in [6, 6.07) is 5.52. The molecule has 3 nitrogen and oxygen atoms in total. The quantitative estimate of drug-likeness (QED) is 0.591. The normalized spacial score (nSPS) is 10.5. The van der Waals surface area contributed by atoms with Crippen molar-refractivity contribution in [1.82, 2.24) is 5.48 Å². The molecule has 2 N–H and O–H groups in total. The fraction of sp³-hybridized carbons (Fsp3) is 0.417. The van der Waals surface area contributed by atoms with Gasteiger partial charge in [0.25, 0.3) is 5.91 Å². The molecule has 1 aromatic rings. The zero-order valence-electron chi connectivity index (χ0n) is 9.37. The van der Waals surface area contributed by atoms with Gasteiger partial charge in [-0.25, -0.2) is 5.48 Å². The predicted octanol–water partition coefficient (Wildman–Crippen LogP) is 2.49. The summed E-state index contributed by atoms with van der Waals surface area (Å²) in [5, 5.41) is 8.54. The number of aryl methyl sites for hydroxylation is 1. The summed E-state index contributed by atoms with van der Waals surface area (Å²) in [7, 11) is 0. The second kappa shape index (κ2) is 4.94. The van der Waals surface area contributed by atoms with Crippen LogP contribution in [0.25, 0.3) is 0 Å². The van der Waals surface area contributed by atoms with E-state index in [9.17, 15) is 4.79 Å². The fourth-order valence-electron chi connectivity index (χ4n) is 1.66. The Morgan fingerprint density at radius 2 is 2.13 bits per heavy atom. The summed E-state index contributed by atoms with van der Waals surface area (Å²) >= 11 is 0. The second-order valence-corrected chi connectivity index (χ2v) is 3.86. The SMILES string of the molecule is CCc1ccc(C(=O)NO)cc1C(C)C. The lowest BCUT2D eigenvalue weighted by atomic mass is 9.93. The van der Waals surface area contributed by atoms with Crippen LogP contribution in [-0.4, -0.2) is 11.1 Å². The molecule has 0 spiro atoms. The van der Waals surface area contributed by atoms with Crippen LogP contribution in [0, 0.1) is 0 Å². The molecule has 0 aliphatic carbocycles. The molecule has 1 amide bonds. The molecule has 0 heterocycles. The Balaban J connectivity index is 3.16. The Hall–Kier alpha value is -1.35. The Labute approximate surface area is 90.1 Å². The molecule has 82 valence electrons. The Morgan fingerprint density at radius 1 is 1.47 bits per heavy atom. The van der Waals surface area contributed by atoms with Gasteiger partial charge in [0, 0.05) is 5.56 Å². The minimum atomic E-state index is -0.459. The van der Waals surface area contributed by atoms with Crippen LogP contribution in [-0.2, 0) is 6.42 Å².